The molecule has 0 radical (unpaired) electrons. The summed E-state index contributed by atoms with van der Waals surface area (Å²) in [5, 5.41) is 10.3. The smallest absolute Gasteiger partial charge is 0.321 e. The second kappa shape index (κ2) is 25.1. The Labute approximate surface area is 392 Å². The summed E-state index contributed by atoms with van der Waals surface area (Å²) < 4.78 is 36.2. The van der Waals surface area contributed by atoms with E-state index in [1.54, 1.807) is 73.8 Å². The minimum absolute atomic E-state index is 0.0982. The number of thiazole rings is 2. The number of aromatic nitrogens is 2. The molecule has 0 unspecified atom stereocenters. The normalized spacial score (nSPS) is 17.4. The molecule has 1 aliphatic rings. The highest BCUT2D eigenvalue weighted by atomic mass is 32.1. The molecule has 7 rings (SSSR count). The van der Waals surface area contributed by atoms with Crippen LogP contribution >= 0.6 is 22.7 Å². The molecule has 0 aliphatic carbocycles. The number of carbonyl (C=O) groups excluding carboxylic acids is 3. The van der Waals surface area contributed by atoms with Crippen molar-refractivity contribution in [2.45, 2.75) is 50.2 Å². The van der Waals surface area contributed by atoms with Crippen LogP contribution in [-0.2, 0) is 54.4 Å². The van der Waals surface area contributed by atoms with Gasteiger partial charge in [-0.3, -0.25) is 20.2 Å². The molecule has 0 saturated carbocycles. The third-order valence-electron chi connectivity index (χ3n) is 10.9. The molecule has 4 aromatic carbocycles. The zero-order valence-electron chi connectivity index (χ0n) is 36.9. The molecule has 346 valence electrons. The summed E-state index contributed by atoms with van der Waals surface area (Å²) in [6, 6.07) is 32.7. The Balaban J connectivity index is 1.35. The first kappa shape index (κ1) is 48.1. The van der Waals surface area contributed by atoms with Gasteiger partial charge >= 0.3 is 6.03 Å². The van der Waals surface area contributed by atoms with E-state index < -0.39 is 24.3 Å². The highest BCUT2D eigenvalue weighted by Gasteiger charge is 2.49. The summed E-state index contributed by atoms with van der Waals surface area (Å²) in [6.07, 6.45) is 2.41. The highest BCUT2D eigenvalue weighted by Crippen LogP contribution is 2.34. The molecule has 1 saturated heterocycles. The second-order valence-electron chi connectivity index (χ2n) is 15.3. The van der Waals surface area contributed by atoms with Gasteiger partial charge < -0.3 is 38.2 Å². The number of nitrogens with one attached hydrogen (secondary N) is 2. The van der Waals surface area contributed by atoms with Crippen molar-refractivity contribution >= 4 is 50.8 Å². The summed E-state index contributed by atoms with van der Waals surface area (Å²) in [5.74, 6) is -0.649. The van der Waals surface area contributed by atoms with Crippen LogP contribution in [0.15, 0.2) is 132 Å². The SMILES string of the molecule is COCCOCO[C@@H]1[C@@H](OCOCCOC)[C@@H](Cc2ccccc2)N(Cc2cccc(C(=O)Nc3nccs3)c2)C(=O)N(Cc2cccc(C(=O)Nc3nccs3)c2)[C@@H]1Cc1ccccc1. The van der Waals surface area contributed by atoms with Gasteiger partial charge in [0.25, 0.3) is 11.8 Å². The lowest BCUT2D eigenvalue weighted by atomic mass is 9.90. The molecule has 2 aromatic heterocycles. The molecule has 1 fully saturated rings. The third-order valence-corrected chi connectivity index (χ3v) is 12.3. The van der Waals surface area contributed by atoms with Gasteiger partial charge in [-0.2, -0.15) is 0 Å². The fourth-order valence-electron chi connectivity index (χ4n) is 7.77. The van der Waals surface area contributed by atoms with Crippen molar-refractivity contribution in [3.05, 3.63) is 166 Å². The Morgan fingerprint density at radius 3 is 1.39 bits per heavy atom. The minimum Gasteiger partial charge on any atom is -0.382 e. The summed E-state index contributed by atoms with van der Waals surface area (Å²) in [6.45, 7) is 1.24. The van der Waals surface area contributed by atoms with Crippen LogP contribution in [-0.4, -0.2) is 116 Å². The Morgan fingerprint density at radius 2 is 1.00 bits per heavy atom. The van der Waals surface area contributed by atoms with Crippen molar-refractivity contribution in [1.29, 1.82) is 0 Å². The molecule has 6 aromatic rings. The van der Waals surface area contributed by atoms with Crippen LogP contribution in [0.1, 0.15) is 43.0 Å². The number of carbonyl (C=O) groups is 3. The van der Waals surface area contributed by atoms with Gasteiger partial charge in [0.1, 0.15) is 25.8 Å². The molecular formula is C49H54N6O9S2. The maximum atomic E-state index is 16.0. The average Bonchev–Trinajstić information content (AvgIpc) is 4.06. The maximum absolute atomic E-state index is 16.0. The molecule has 2 N–H and O–H groups in total. The summed E-state index contributed by atoms with van der Waals surface area (Å²) >= 11 is 2.65. The molecule has 4 amide bonds. The average molecular weight is 935 g/mol. The van der Waals surface area contributed by atoms with Crippen LogP contribution in [0.25, 0.3) is 0 Å². The van der Waals surface area contributed by atoms with Crippen molar-refractivity contribution in [3.63, 3.8) is 0 Å². The van der Waals surface area contributed by atoms with Gasteiger partial charge in [0, 0.05) is 61.6 Å². The number of hydrogen-bond acceptors (Lipinski definition) is 13. The quantitative estimate of drug-likeness (QED) is 0.0450. The number of rotatable bonds is 24. The largest absolute Gasteiger partial charge is 0.382 e. The zero-order chi connectivity index (χ0) is 45.9. The number of urea groups is 1. The maximum Gasteiger partial charge on any atom is 0.321 e. The van der Waals surface area contributed by atoms with Crippen molar-refractivity contribution in [1.82, 2.24) is 19.8 Å². The van der Waals surface area contributed by atoms with Gasteiger partial charge in [0.15, 0.2) is 10.3 Å². The van der Waals surface area contributed by atoms with E-state index in [1.807, 2.05) is 82.6 Å². The number of hydrogen-bond donors (Lipinski definition) is 2. The van der Waals surface area contributed by atoms with Crippen LogP contribution in [0.5, 0.6) is 0 Å². The fourth-order valence-corrected chi connectivity index (χ4v) is 8.81. The van der Waals surface area contributed by atoms with Crippen molar-refractivity contribution in [2.24, 2.45) is 0 Å². The second-order valence-corrected chi connectivity index (χ2v) is 17.1. The first-order valence-electron chi connectivity index (χ1n) is 21.5. The number of anilines is 2. The van der Waals surface area contributed by atoms with Gasteiger partial charge in [-0.1, -0.05) is 84.9 Å². The van der Waals surface area contributed by atoms with Gasteiger partial charge in [-0.15, -0.1) is 22.7 Å². The van der Waals surface area contributed by atoms with Gasteiger partial charge in [-0.25, -0.2) is 14.8 Å². The lowest BCUT2D eigenvalue weighted by molar-refractivity contribution is -0.192. The lowest BCUT2D eigenvalue weighted by Gasteiger charge is -2.38. The number of nitrogens with zero attached hydrogens (tertiary/aromatic N) is 4. The van der Waals surface area contributed by atoms with E-state index in [2.05, 4.69) is 20.6 Å². The summed E-state index contributed by atoms with van der Waals surface area (Å²) in [7, 11) is 3.21. The minimum atomic E-state index is -0.798. The van der Waals surface area contributed by atoms with Crippen molar-refractivity contribution in [3.8, 4) is 0 Å². The zero-order valence-corrected chi connectivity index (χ0v) is 38.5. The van der Waals surface area contributed by atoms with Gasteiger partial charge in [-0.05, 0) is 59.4 Å². The Morgan fingerprint density at radius 1 is 0.576 bits per heavy atom. The molecule has 1 aliphatic heterocycles. The van der Waals surface area contributed by atoms with Crippen LogP contribution in [0.3, 0.4) is 0 Å². The van der Waals surface area contributed by atoms with E-state index in [0.29, 0.717) is 58.6 Å². The summed E-state index contributed by atoms with van der Waals surface area (Å²) in [5.41, 5.74) is 4.17. The first-order valence-corrected chi connectivity index (χ1v) is 23.3. The van der Waals surface area contributed by atoms with E-state index in [4.69, 9.17) is 28.4 Å². The molecule has 17 heteroatoms. The number of benzene rings is 4. The third kappa shape index (κ3) is 13.6. The Bertz CT molecular complexity index is 2230. The van der Waals surface area contributed by atoms with Gasteiger partial charge in [0.05, 0.1) is 38.5 Å². The predicted octanol–water partition coefficient (Wildman–Crippen LogP) is 7.78. The first-order chi connectivity index (χ1) is 32.4. The lowest BCUT2D eigenvalue weighted by Crippen LogP contribution is -2.53. The molecular weight excluding hydrogens is 881 g/mol. The highest BCUT2D eigenvalue weighted by molar-refractivity contribution is 7.14. The standard InChI is InChI=1S/C49H54N6O9S2/c1-59-21-23-61-33-63-43-41(29-35-11-5-3-6-12-35)54(31-37-15-9-17-39(27-37)45(56)52-47-50-19-25-65-47)49(58)55(32-38-16-10-18-40(28-38)46(57)53-48-51-20-26-66-48)42(30-36-13-7-4-8-14-36)44(43)64-34-62-24-22-60-2/h3-20,25-28,41-44H,21-24,29-34H2,1-2H3,(H,50,52,56)(H,51,53,57)/t41-,42-,43+,44+/m1/s1. The van der Waals surface area contributed by atoms with E-state index in [9.17, 15) is 9.59 Å². The number of ether oxygens (including phenoxy) is 6. The fraction of sp³-hybridized carbons (Fsp3) is 0.327. The van der Waals surface area contributed by atoms with Crippen LogP contribution in [0, 0.1) is 0 Å². The number of methoxy groups -OCH3 is 2. The molecule has 3 heterocycles. The van der Waals surface area contributed by atoms with Crippen LogP contribution in [0.4, 0.5) is 15.1 Å². The molecule has 66 heavy (non-hydrogen) atoms. The Hall–Kier alpha value is -5.89. The van der Waals surface area contributed by atoms with Gasteiger partial charge in [0.2, 0.25) is 0 Å². The van der Waals surface area contributed by atoms with Crippen LogP contribution in [0.2, 0.25) is 0 Å². The monoisotopic (exact) mass is 934 g/mol. The van der Waals surface area contributed by atoms with Crippen molar-refractivity contribution < 1.29 is 42.8 Å². The number of amides is 4. The topological polar surface area (TPSA) is 163 Å². The summed E-state index contributed by atoms with van der Waals surface area (Å²) in [4.78, 5) is 55.1. The molecule has 4 atom stereocenters. The van der Waals surface area contributed by atoms with E-state index in [-0.39, 0.29) is 57.7 Å². The van der Waals surface area contributed by atoms with E-state index >= 15 is 4.79 Å². The van der Waals surface area contributed by atoms with E-state index in [1.165, 1.54) is 22.7 Å². The van der Waals surface area contributed by atoms with Crippen molar-refractivity contribution in [2.75, 3.05) is 64.9 Å². The predicted molar refractivity (Wildman–Crippen MR) is 253 cm³/mol. The molecule has 0 bridgehead atoms. The molecule has 15 nitrogen and oxygen atoms in total. The molecule has 0 spiro atoms. The Kier molecular flexibility index (Phi) is 18.3. The van der Waals surface area contributed by atoms with E-state index in [0.717, 1.165) is 11.1 Å². The van der Waals surface area contributed by atoms with Crippen LogP contribution < -0.4 is 10.6 Å².